The lowest BCUT2D eigenvalue weighted by molar-refractivity contribution is -0.117. The van der Waals surface area contributed by atoms with Gasteiger partial charge in [0, 0.05) is 15.6 Å². The molecule has 1 unspecified atom stereocenters. The highest BCUT2D eigenvalue weighted by atomic mass is 79.9. The lowest BCUT2D eigenvalue weighted by Gasteiger charge is -2.10. The number of primary amides is 1. The van der Waals surface area contributed by atoms with Gasteiger partial charge >= 0.3 is 0 Å². The quantitative estimate of drug-likeness (QED) is 0.729. The predicted molar refractivity (Wildman–Crippen MR) is 98.5 cm³/mol. The molecule has 1 aromatic carbocycles. The Morgan fingerprint density at radius 2 is 2.09 bits per heavy atom. The fraction of sp³-hybridized carbons (Fsp3) is 0.267. The van der Waals surface area contributed by atoms with Crippen molar-refractivity contribution in [3.05, 3.63) is 45.4 Å². The van der Waals surface area contributed by atoms with Gasteiger partial charge in [-0.2, -0.15) is 0 Å². The van der Waals surface area contributed by atoms with Crippen LogP contribution < -0.4 is 11.1 Å². The van der Waals surface area contributed by atoms with Crippen molar-refractivity contribution in [1.82, 2.24) is 4.98 Å². The molecule has 0 saturated carbocycles. The predicted octanol–water partition coefficient (Wildman–Crippen LogP) is 3.19. The highest BCUT2D eigenvalue weighted by Crippen LogP contribution is 2.22. The first-order valence-electron chi connectivity index (χ1n) is 6.83. The van der Waals surface area contributed by atoms with Crippen LogP contribution in [0.1, 0.15) is 18.2 Å². The lowest BCUT2D eigenvalue weighted by atomic mass is 10.2. The SMILES string of the molecule is CC(SCc1ccc(Br)cc1)C(=O)Nc1nc(CC(N)=O)cs1. The molecule has 1 atom stereocenters. The molecule has 0 aliphatic heterocycles. The fourth-order valence-corrected chi connectivity index (χ4v) is 3.53. The largest absolute Gasteiger partial charge is 0.369 e. The van der Waals surface area contributed by atoms with Gasteiger partial charge in [-0.25, -0.2) is 4.98 Å². The van der Waals surface area contributed by atoms with Gasteiger partial charge in [0.2, 0.25) is 11.8 Å². The summed E-state index contributed by atoms with van der Waals surface area (Å²) in [5.41, 5.74) is 6.86. The third kappa shape index (κ3) is 5.96. The van der Waals surface area contributed by atoms with E-state index in [4.69, 9.17) is 5.73 Å². The van der Waals surface area contributed by atoms with Crippen LogP contribution in [0.5, 0.6) is 0 Å². The Morgan fingerprint density at radius 3 is 2.74 bits per heavy atom. The van der Waals surface area contributed by atoms with Crippen molar-refractivity contribution in [3.8, 4) is 0 Å². The van der Waals surface area contributed by atoms with Crippen molar-refractivity contribution >= 4 is 56.0 Å². The summed E-state index contributed by atoms with van der Waals surface area (Å²) in [6.45, 7) is 1.86. The Morgan fingerprint density at radius 1 is 1.39 bits per heavy atom. The number of thiazole rings is 1. The minimum Gasteiger partial charge on any atom is -0.369 e. The van der Waals surface area contributed by atoms with Crippen LogP contribution in [0.4, 0.5) is 5.13 Å². The van der Waals surface area contributed by atoms with Crippen molar-refractivity contribution in [2.45, 2.75) is 24.3 Å². The van der Waals surface area contributed by atoms with Crippen LogP contribution in [0.2, 0.25) is 0 Å². The number of carbonyl (C=O) groups is 2. The summed E-state index contributed by atoms with van der Waals surface area (Å²) in [5.74, 6) is 0.214. The van der Waals surface area contributed by atoms with Crippen molar-refractivity contribution in [1.29, 1.82) is 0 Å². The average molecular weight is 414 g/mol. The molecule has 0 bridgehead atoms. The van der Waals surface area contributed by atoms with Gasteiger partial charge in [-0.05, 0) is 24.6 Å². The molecule has 2 amide bonds. The van der Waals surface area contributed by atoms with E-state index in [1.165, 1.54) is 11.3 Å². The second-order valence-corrected chi connectivity index (χ2v) is 7.96. The summed E-state index contributed by atoms with van der Waals surface area (Å²) >= 11 is 6.24. The van der Waals surface area contributed by atoms with Crippen LogP contribution in [0.3, 0.4) is 0 Å². The Labute approximate surface area is 151 Å². The van der Waals surface area contributed by atoms with E-state index < -0.39 is 5.91 Å². The molecule has 0 saturated heterocycles. The minimum atomic E-state index is -0.438. The van der Waals surface area contributed by atoms with Crippen molar-refractivity contribution in [2.24, 2.45) is 5.73 Å². The van der Waals surface area contributed by atoms with Crippen LogP contribution in [0.25, 0.3) is 0 Å². The number of aromatic nitrogens is 1. The summed E-state index contributed by atoms with van der Waals surface area (Å²) in [6, 6.07) is 8.02. The molecule has 0 spiro atoms. The zero-order chi connectivity index (χ0) is 16.8. The van der Waals surface area contributed by atoms with Gasteiger partial charge in [-0.3, -0.25) is 9.59 Å². The van der Waals surface area contributed by atoms with Gasteiger partial charge < -0.3 is 11.1 Å². The molecular weight excluding hydrogens is 398 g/mol. The molecule has 2 aromatic rings. The van der Waals surface area contributed by atoms with E-state index in [0.29, 0.717) is 10.8 Å². The number of rotatable bonds is 7. The van der Waals surface area contributed by atoms with Gasteiger partial charge in [0.05, 0.1) is 17.4 Å². The molecule has 0 aliphatic rings. The maximum Gasteiger partial charge on any atom is 0.238 e. The van der Waals surface area contributed by atoms with Crippen LogP contribution in [-0.2, 0) is 21.8 Å². The molecule has 122 valence electrons. The normalized spacial score (nSPS) is 11.9. The summed E-state index contributed by atoms with van der Waals surface area (Å²) in [4.78, 5) is 27.2. The number of thioether (sulfide) groups is 1. The van der Waals surface area contributed by atoms with E-state index in [9.17, 15) is 9.59 Å². The minimum absolute atomic E-state index is 0.0836. The van der Waals surface area contributed by atoms with Gasteiger partial charge in [-0.15, -0.1) is 23.1 Å². The second-order valence-electron chi connectivity index (χ2n) is 4.86. The number of amides is 2. The van der Waals surface area contributed by atoms with E-state index in [1.54, 1.807) is 17.1 Å². The first-order valence-corrected chi connectivity index (χ1v) is 9.56. The summed E-state index contributed by atoms with van der Waals surface area (Å²) < 4.78 is 1.03. The number of anilines is 1. The zero-order valence-corrected chi connectivity index (χ0v) is 15.6. The second kappa shape index (κ2) is 8.47. The average Bonchev–Trinajstić information content (AvgIpc) is 2.92. The Kier molecular flexibility index (Phi) is 6.61. The highest BCUT2D eigenvalue weighted by Gasteiger charge is 2.15. The van der Waals surface area contributed by atoms with E-state index in [2.05, 4.69) is 26.2 Å². The molecule has 2 rings (SSSR count). The molecular formula is C15H16BrN3O2S2. The molecule has 5 nitrogen and oxygen atoms in total. The Balaban J connectivity index is 1.83. The summed E-state index contributed by atoms with van der Waals surface area (Å²) in [5, 5.41) is 4.77. The van der Waals surface area contributed by atoms with Crippen molar-refractivity contribution < 1.29 is 9.59 Å². The van der Waals surface area contributed by atoms with Gasteiger partial charge in [0.1, 0.15) is 0 Å². The third-order valence-corrected chi connectivity index (χ3v) is 5.47. The van der Waals surface area contributed by atoms with E-state index in [1.807, 2.05) is 31.2 Å². The molecule has 3 N–H and O–H groups in total. The highest BCUT2D eigenvalue weighted by molar-refractivity contribution is 9.10. The van der Waals surface area contributed by atoms with Crippen LogP contribution in [0.15, 0.2) is 34.1 Å². The van der Waals surface area contributed by atoms with Crippen molar-refractivity contribution in [3.63, 3.8) is 0 Å². The van der Waals surface area contributed by atoms with Gasteiger partial charge in [0.15, 0.2) is 5.13 Å². The maximum atomic E-state index is 12.2. The maximum absolute atomic E-state index is 12.2. The Hall–Kier alpha value is -1.38. The monoisotopic (exact) mass is 413 g/mol. The Bertz CT molecular complexity index is 688. The molecule has 1 heterocycles. The zero-order valence-electron chi connectivity index (χ0n) is 12.4. The third-order valence-electron chi connectivity index (χ3n) is 2.92. The summed E-state index contributed by atoms with van der Waals surface area (Å²) in [6.07, 6.45) is 0.0836. The molecule has 0 fully saturated rings. The van der Waals surface area contributed by atoms with E-state index in [0.717, 1.165) is 15.8 Å². The smallest absolute Gasteiger partial charge is 0.238 e. The number of halogens is 1. The molecule has 8 heteroatoms. The summed E-state index contributed by atoms with van der Waals surface area (Å²) in [7, 11) is 0. The van der Waals surface area contributed by atoms with E-state index in [-0.39, 0.29) is 17.6 Å². The number of hydrogen-bond acceptors (Lipinski definition) is 5. The number of carbonyl (C=O) groups excluding carboxylic acids is 2. The van der Waals surface area contributed by atoms with Crippen LogP contribution in [-0.4, -0.2) is 22.0 Å². The first kappa shape index (κ1) is 18.0. The fourth-order valence-electron chi connectivity index (χ4n) is 1.71. The number of nitrogens with two attached hydrogens (primary N) is 1. The van der Waals surface area contributed by atoms with Crippen molar-refractivity contribution in [2.75, 3.05) is 5.32 Å². The standard InChI is InChI=1S/C15H16BrN3O2S2/c1-9(22-7-10-2-4-11(16)5-3-10)14(21)19-15-18-12(8-23-15)6-13(17)20/h2-5,8-9H,6-7H2,1H3,(H2,17,20)(H,18,19,21). The molecule has 0 aliphatic carbocycles. The van der Waals surface area contributed by atoms with Crippen LogP contribution in [0, 0.1) is 0 Å². The topological polar surface area (TPSA) is 85.1 Å². The lowest BCUT2D eigenvalue weighted by Crippen LogP contribution is -2.22. The molecule has 1 aromatic heterocycles. The van der Waals surface area contributed by atoms with Gasteiger partial charge in [0.25, 0.3) is 0 Å². The molecule has 23 heavy (non-hydrogen) atoms. The number of nitrogens with zero attached hydrogens (tertiary/aromatic N) is 1. The first-order chi connectivity index (χ1) is 10.9. The molecule has 0 radical (unpaired) electrons. The van der Waals surface area contributed by atoms with Gasteiger partial charge in [-0.1, -0.05) is 28.1 Å². The van der Waals surface area contributed by atoms with Crippen LogP contribution >= 0.6 is 39.0 Å². The van der Waals surface area contributed by atoms with E-state index >= 15 is 0 Å². The number of hydrogen-bond donors (Lipinski definition) is 2. The number of nitrogens with one attached hydrogen (secondary N) is 1. The number of benzene rings is 1.